The van der Waals surface area contributed by atoms with Gasteiger partial charge in [-0.05, 0) is 39.8 Å². The molecule has 17 heavy (non-hydrogen) atoms. The van der Waals surface area contributed by atoms with Crippen molar-refractivity contribution in [2.45, 2.75) is 38.9 Å². The molecule has 4 heteroatoms. The molecule has 2 rings (SSSR count). The minimum Gasteiger partial charge on any atom is -0.485 e. The Kier molecular flexibility index (Phi) is 2.70. The highest BCUT2D eigenvalue weighted by Crippen LogP contribution is 2.37. The third-order valence-electron chi connectivity index (χ3n) is 3.19. The van der Waals surface area contributed by atoms with Crippen molar-refractivity contribution in [1.29, 1.82) is 0 Å². The second-order valence-electron chi connectivity index (χ2n) is 5.19. The first-order chi connectivity index (χ1) is 7.79. The van der Waals surface area contributed by atoms with E-state index in [9.17, 15) is 5.11 Å². The van der Waals surface area contributed by atoms with Crippen LogP contribution >= 0.6 is 0 Å². The normalized spacial score (nSPS) is 14.9. The molecular weight excluding hydrogens is 220 g/mol. The van der Waals surface area contributed by atoms with E-state index in [1.165, 1.54) is 0 Å². The summed E-state index contributed by atoms with van der Waals surface area (Å²) in [6.07, 6.45) is 0. The number of hydrogen-bond donors (Lipinski definition) is 1. The summed E-state index contributed by atoms with van der Waals surface area (Å²) in [5.74, 6) is 2.05. The summed E-state index contributed by atoms with van der Waals surface area (Å²) >= 11 is 0. The average molecular weight is 238 g/mol. The van der Waals surface area contributed by atoms with Crippen LogP contribution in [0.25, 0.3) is 0 Å². The van der Waals surface area contributed by atoms with E-state index in [2.05, 4.69) is 0 Å². The fourth-order valence-electron chi connectivity index (χ4n) is 1.36. The molecule has 0 bridgehead atoms. The molecule has 1 aliphatic heterocycles. The first kappa shape index (κ1) is 12.0. The van der Waals surface area contributed by atoms with Gasteiger partial charge in [0.2, 0.25) is 6.79 Å². The maximum Gasteiger partial charge on any atom is 0.231 e. The van der Waals surface area contributed by atoms with Crippen LogP contribution in [-0.2, 0) is 0 Å². The van der Waals surface area contributed by atoms with Crippen LogP contribution in [0, 0.1) is 0 Å². The monoisotopic (exact) mass is 238 g/mol. The first-order valence-corrected chi connectivity index (χ1v) is 5.61. The van der Waals surface area contributed by atoms with Gasteiger partial charge in [-0.1, -0.05) is 0 Å². The lowest BCUT2D eigenvalue weighted by Gasteiger charge is -2.37. The number of hydrogen-bond acceptors (Lipinski definition) is 4. The number of benzene rings is 1. The van der Waals surface area contributed by atoms with Crippen molar-refractivity contribution in [2.24, 2.45) is 0 Å². The molecule has 0 unspecified atom stereocenters. The Balaban J connectivity index is 2.20. The van der Waals surface area contributed by atoms with E-state index in [0.29, 0.717) is 11.5 Å². The van der Waals surface area contributed by atoms with Gasteiger partial charge in [0.1, 0.15) is 11.4 Å². The van der Waals surface area contributed by atoms with E-state index >= 15 is 0 Å². The largest absolute Gasteiger partial charge is 0.485 e. The Morgan fingerprint density at radius 2 is 1.76 bits per heavy atom. The molecule has 94 valence electrons. The summed E-state index contributed by atoms with van der Waals surface area (Å²) in [5.41, 5.74) is -1.63. The maximum atomic E-state index is 10.0. The SMILES string of the molecule is CC(C)(O)C(C)(C)Oc1ccc2c(c1)OCO2. The fraction of sp³-hybridized carbons (Fsp3) is 0.538. The maximum absolute atomic E-state index is 10.0. The van der Waals surface area contributed by atoms with Gasteiger partial charge in [0.15, 0.2) is 11.5 Å². The zero-order chi connectivity index (χ0) is 12.7. The van der Waals surface area contributed by atoms with E-state index in [0.717, 1.165) is 5.75 Å². The van der Waals surface area contributed by atoms with Gasteiger partial charge in [0.05, 0.1) is 5.60 Å². The summed E-state index contributed by atoms with van der Waals surface area (Å²) in [4.78, 5) is 0. The van der Waals surface area contributed by atoms with E-state index in [1.807, 2.05) is 13.8 Å². The van der Waals surface area contributed by atoms with Crippen LogP contribution in [0.3, 0.4) is 0 Å². The highest BCUT2D eigenvalue weighted by atomic mass is 16.7. The zero-order valence-corrected chi connectivity index (χ0v) is 10.6. The van der Waals surface area contributed by atoms with Gasteiger partial charge < -0.3 is 19.3 Å². The molecule has 1 aliphatic rings. The van der Waals surface area contributed by atoms with Gasteiger partial charge in [-0.15, -0.1) is 0 Å². The van der Waals surface area contributed by atoms with Gasteiger partial charge in [0.25, 0.3) is 0 Å². The topological polar surface area (TPSA) is 47.9 Å². The number of rotatable bonds is 3. The molecule has 0 amide bonds. The molecule has 1 N–H and O–H groups in total. The molecule has 0 aromatic heterocycles. The quantitative estimate of drug-likeness (QED) is 0.878. The Labute approximate surface area is 101 Å². The van der Waals surface area contributed by atoms with Crippen LogP contribution in [0.5, 0.6) is 17.2 Å². The molecule has 0 saturated heterocycles. The molecule has 1 aromatic rings. The molecule has 0 radical (unpaired) electrons. The van der Waals surface area contributed by atoms with E-state index in [-0.39, 0.29) is 6.79 Å². The average Bonchev–Trinajstić information content (AvgIpc) is 2.62. The predicted octanol–water partition coefficient (Wildman–Crippen LogP) is 2.34. The van der Waals surface area contributed by atoms with Crippen LogP contribution in [0.2, 0.25) is 0 Å². The van der Waals surface area contributed by atoms with Crippen molar-refractivity contribution in [3.8, 4) is 17.2 Å². The number of fused-ring (bicyclic) bond motifs is 1. The van der Waals surface area contributed by atoms with Gasteiger partial charge >= 0.3 is 0 Å². The molecule has 0 fully saturated rings. The second kappa shape index (κ2) is 3.81. The van der Waals surface area contributed by atoms with Crippen LogP contribution in [0.15, 0.2) is 18.2 Å². The molecule has 1 aromatic carbocycles. The second-order valence-corrected chi connectivity index (χ2v) is 5.19. The van der Waals surface area contributed by atoms with Gasteiger partial charge in [-0.3, -0.25) is 0 Å². The summed E-state index contributed by atoms with van der Waals surface area (Å²) in [6, 6.07) is 5.38. The van der Waals surface area contributed by atoms with Crippen LogP contribution in [0.4, 0.5) is 0 Å². The Morgan fingerprint density at radius 3 is 2.41 bits per heavy atom. The van der Waals surface area contributed by atoms with E-state index < -0.39 is 11.2 Å². The van der Waals surface area contributed by atoms with E-state index in [4.69, 9.17) is 14.2 Å². The summed E-state index contributed by atoms with van der Waals surface area (Å²) in [6.45, 7) is 7.38. The lowest BCUT2D eigenvalue weighted by molar-refractivity contribution is -0.0907. The Morgan fingerprint density at radius 1 is 1.12 bits per heavy atom. The molecule has 0 spiro atoms. The van der Waals surface area contributed by atoms with Crippen molar-refractivity contribution in [2.75, 3.05) is 6.79 Å². The minimum absolute atomic E-state index is 0.244. The predicted molar refractivity (Wildman–Crippen MR) is 63.6 cm³/mol. The van der Waals surface area contributed by atoms with E-state index in [1.54, 1.807) is 32.0 Å². The summed E-state index contributed by atoms with van der Waals surface area (Å²) in [7, 11) is 0. The van der Waals surface area contributed by atoms with Gasteiger partial charge in [0, 0.05) is 6.07 Å². The van der Waals surface area contributed by atoms with Crippen LogP contribution < -0.4 is 14.2 Å². The Hall–Kier alpha value is -1.42. The third-order valence-corrected chi connectivity index (χ3v) is 3.19. The lowest BCUT2D eigenvalue weighted by atomic mass is 9.89. The Bertz CT molecular complexity index is 418. The van der Waals surface area contributed by atoms with Crippen molar-refractivity contribution in [3.63, 3.8) is 0 Å². The molecule has 0 saturated carbocycles. The van der Waals surface area contributed by atoms with Crippen molar-refractivity contribution in [1.82, 2.24) is 0 Å². The number of aliphatic hydroxyl groups is 1. The molecule has 1 heterocycles. The summed E-state index contributed by atoms with van der Waals surface area (Å²) in [5, 5.41) is 10.0. The van der Waals surface area contributed by atoms with Crippen molar-refractivity contribution in [3.05, 3.63) is 18.2 Å². The third kappa shape index (κ3) is 2.31. The summed E-state index contributed by atoms with van der Waals surface area (Å²) < 4.78 is 16.3. The zero-order valence-electron chi connectivity index (χ0n) is 10.6. The smallest absolute Gasteiger partial charge is 0.231 e. The lowest BCUT2D eigenvalue weighted by Crippen LogP contribution is -2.49. The molecule has 0 atom stereocenters. The van der Waals surface area contributed by atoms with Gasteiger partial charge in [-0.2, -0.15) is 0 Å². The van der Waals surface area contributed by atoms with Crippen molar-refractivity contribution < 1.29 is 19.3 Å². The molecule has 4 nitrogen and oxygen atoms in total. The van der Waals surface area contributed by atoms with Gasteiger partial charge in [-0.25, -0.2) is 0 Å². The first-order valence-electron chi connectivity index (χ1n) is 5.61. The highest BCUT2D eigenvalue weighted by Gasteiger charge is 2.37. The number of ether oxygens (including phenoxy) is 3. The standard InChI is InChI=1S/C13H18O4/c1-12(2,14)13(3,4)17-9-5-6-10-11(7-9)16-8-15-10/h5-7,14H,8H2,1-4H3. The molecule has 0 aliphatic carbocycles. The van der Waals surface area contributed by atoms with Crippen molar-refractivity contribution >= 4 is 0 Å². The fourth-order valence-corrected chi connectivity index (χ4v) is 1.36. The highest BCUT2D eigenvalue weighted by molar-refractivity contribution is 5.47. The minimum atomic E-state index is -0.941. The van der Waals surface area contributed by atoms with Crippen LogP contribution in [0.1, 0.15) is 27.7 Å². The van der Waals surface area contributed by atoms with Crippen LogP contribution in [-0.4, -0.2) is 23.1 Å². The molecular formula is C13H18O4.